The molecule has 1 N–H and O–H groups in total. The third-order valence-electron chi connectivity index (χ3n) is 1.37. The second-order valence-corrected chi connectivity index (χ2v) is 2.06. The molecule has 0 saturated heterocycles. The van der Waals surface area contributed by atoms with Crippen LogP contribution in [0.1, 0.15) is 26.7 Å². The summed E-state index contributed by atoms with van der Waals surface area (Å²) in [4.78, 5) is 0. The molecule has 0 saturated carbocycles. The highest BCUT2D eigenvalue weighted by Crippen LogP contribution is 2.07. The largest absolute Gasteiger partial charge is 0.396 e. The van der Waals surface area contributed by atoms with Gasteiger partial charge in [0.15, 0.2) is 0 Å². The first kappa shape index (κ1) is 7.96. The van der Waals surface area contributed by atoms with Crippen molar-refractivity contribution in [3.8, 4) is 0 Å². The molecule has 1 atom stereocenters. The van der Waals surface area contributed by atoms with Crippen LogP contribution in [0.5, 0.6) is 0 Å². The van der Waals surface area contributed by atoms with Crippen molar-refractivity contribution in [2.24, 2.45) is 5.92 Å². The van der Waals surface area contributed by atoms with Gasteiger partial charge in [-0.3, -0.25) is 0 Å². The van der Waals surface area contributed by atoms with Gasteiger partial charge < -0.3 is 5.11 Å². The monoisotopic (exact) mass is 115 g/mol. The van der Waals surface area contributed by atoms with Crippen LogP contribution in [0, 0.1) is 12.3 Å². The summed E-state index contributed by atoms with van der Waals surface area (Å²) >= 11 is 0. The predicted molar refractivity (Wildman–Crippen MR) is 35.5 cm³/mol. The number of hydrogen-bond donors (Lipinski definition) is 1. The molecule has 0 aliphatic rings. The Morgan fingerprint density at radius 1 is 1.62 bits per heavy atom. The molecule has 0 aliphatic heterocycles. The van der Waals surface area contributed by atoms with Gasteiger partial charge in [-0.1, -0.05) is 20.3 Å². The molecule has 1 unspecified atom stereocenters. The van der Waals surface area contributed by atoms with Crippen LogP contribution in [0.4, 0.5) is 0 Å². The maximum Gasteiger partial charge on any atom is 0.0461 e. The summed E-state index contributed by atoms with van der Waals surface area (Å²) < 4.78 is 0. The lowest BCUT2D eigenvalue weighted by atomic mass is 10.0. The highest BCUT2D eigenvalue weighted by molar-refractivity contribution is 4.68. The Morgan fingerprint density at radius 3 is 2.38 bits per heavy atom. The molecule has 0 aromatic carbocycles. The molecule has 0 heterocycles. The number of rotatable bonds is 4. The van der Waals surface area contributed by atoms with Gasteiger partial charge in [-0.25, -0.2) is 0 Å². The number of aliphatic hydroxyl groups excluding tert-OH is 1. The normalized spacial score (nSPS) is 13.9. The van der Waals surface area contributed by atoms with Crippen molar-refractivity contribution in [1.29, 1.82) is 0 Å². The van der Waals surface area contributed by atoms with E-state index in [-0.39, 0.29) is 0 Å². The molecule has 0 bridgehead atoms. The van der Waals surface area contributed by atoms with Gasteiger partial charge in [-0.2, -0.15) is 0 Å². The highest BCUT2D eigenvalue weighted by atomic mass is 16.3. The fourth-order valence-electron chi connectivity index (χ4n) is 0.734. The lowest BCUT2D eigenvalue weighted by Crippen LogP contribution is -2.03. The average Bonchev–Trinajstić information content (AvgIpc) is 1.83. The van der Waals surface area contributed by atoms with Crippen molar-refractivity contribution in [3.05, 3.63) is 6.42 Å². The van der Waals surface area contributed by atoms with E-state index in [2.05, 4.69) is 13.3 Å². The summed E-state index contributed by atoms with van der Waals surface area (Å²) in [5, 5.41) is 8.63. The minimum Gasteiger partial charge on any atom is -0.396 e. The summed E-state index contributed by atoms with van der Waals surface area (Å²) in [6.45, 7) is 4.44. The summed E-state index contributed by atoms with van der Waals surface area (Å²) in [6.07, 6.45) is 4.34. The standard InChI is InChI=1S/C7H15O/c1-3-5-7(4-2)6-8/h4,7-8H,3,5-6H2,1-2H3. The Bertz CT molecular complexity index is 39.7. The van der Waals surface area contributed by atoms with Gasteiger partial charge in [-0.05, 0) is 18.8 Å². The van der Waals surface area contributed by atoms with E-state index in [0.717, 1.165) is 12.8 Å². The van der Waals surface area contributed by atoms with Crippen LogP contribution in [0.25, 0.3) is 0 Å². The molecular weight excluding hydrogens is 100 g/mol. The molecule has 0 fully saturated rings. The third kappa shape index (κ3) is 3.03. The molecule has 0 aliphatic carbocycles. The van der Waals surface area contributed by atoms with Crippen LogP contribution in [0.3, 0.4) is 0 Å². The molecule has 0 amide bonds. The van der Waals surface area contributed by atoms with Crippen LogP contribution < -0.4 is 0 Å². The molecule has 49 valence electrons. The molecule has 0 aromatic heterocycles. The second kappa shape index (κ2) is 5.10. The summed E-state index contributed by atoms with van der Waals surface area (Å²) in [6, 6.07) is 0. The number of aliphatic hydroxyl groups is 1. The van der Waals surface area contributed by atoms with E-state index in [4.69, 9.17) is 5.11 Å². The molecule has 1 heteroatoms. The quantitative estimate of drug-likeness (QED) is 0.590. The maximum absolute atomic E-state index is 8.63. The summed E-state index contributed by atoms with van der Waals surface area (Å²) in [7, 11) is 0. The van der Waals surface area contributed by atoms with Gasteiger partial charge >= 0.3 is 0 Å². The lowest BCUT2D eigenvalue weighted by Gasteiger charge is -2.07. The van der Waals surface area contributed by atoms with E-state index < -0.39 is 0 Å². The third-order valence-corrected chi connectivity index (χ3v) is 1.37. The van der Waals surface area contributed by atoms with E-state index in [0.29, 0.717) is 12.5 Å². The zero-order chi connectivity index (χ0) is 6.41. The van der Waals surface area contributed by atoms with Crippen LogP contribution in [-0.4, -0.2) is 11.7 Å². The fourth-order valence-corrected chi connectivity index (χ4v) is 0.734. The van der Waals surface area contributed by atoms with E-state index in [1.54, 1.807) is 0 Å². The van der Waals surface area contributed by atoms with Crippen molar-refractivity contribution in [2.75, 3.05) is 6.61 Å². The van der Waals surface area contributed by atoms with Crippen LogP contribution in [0.15, 0.2) is 0 Å². The van der Waals surface area contributed by atoms with E-state index >= 15 is 0 Å². The smallest absolute Gasteiger partial charge is 0.0461 e. The molecule has 8 heavy (non-hydrogen) atoms. The van der Waals surface area contributed by atoms with Gasteiger partial charge in [0.25, 0.3) is 0 Å². The van der Waals surface area contributed by atoms with Gasteiger partial charge in [0, 0.05) is 6.61 Å². The molecule has 1 nitrogen and oxygen atoms in total. The van der Waals surface area contributed by atoms with Gasteiger partial charge in [0.1, 0.15) is 0 Å². The Kier molecular flexibility index (Phi) is 5.08. The molecular formula is C7H15O. The van der Waals surface area contributed by atoms with E-state index in [1.165, 1.54) is 0 Å². The Balaban J connectivity index is 3.07. The minimum atomic E-state index is 0.310. The average molecular weight is 115 g/mol. The van der Waals surface area contributed by atoms with Crippen LogP contribution >= 0.6 is 0 Å². The molecule has 0 aromatic rings. The Morgan fingerprint density at radius 2 is 2.25 bits per heavy atom. The minimum absolute atomic E-state index is 0.310. The molecule has 0 rings (SSSR count). The van der Waals surface area contributed by atoms with Crippen molar-refractivity contribution in [3.63, 3.8) is 0 Å². The Labute approximate surface area is 51.7 Å². The van der Waals surface area contributed by atoms with Gasteiger partial charge in [0.2, 0.25) is 0 Å². The van der Waals surface area contributed by atoms with Crippen molar-refractivity contribution in [1.82, 2.24) is 0 Å². The first-order valence-corrected chi connectivity index (χ1v) is 3.25. The topological polar surface area (TPSA) is 20.2 Å². The van der Waals surface area contributed by atoms with Gasteiger partial charge in [-0.15, -0.1) is 0 Å². The first-order valence-electron chi connectivity index (χ1n) is 3.25. The first-order chi connectivity index (χ1) is 3.85. The lowest BCUT2D eigenvalue weighted by molar-refractivity contribution is 0.237. The molecule has 1 radical (unpaired) electrons. The van der Waals surface area contributed by atoms with Gasteiger partial charge in [0.05, 0.1) is 0 Å². The zero-order valence-electron chi connectivity index (χ0n) is 5.72. The predicted octanol–water partition coefficient (Wildman–Crippen LogP) is 1.62. The Hall–Kier alpha value is -0.0400. The fraction of sp³-hybridized carbons (Fsp3) is 0.857. The highest BCUT2D eigenvalue weighted by Gasteiger charge is 2.00. The van der Waals surface area contributed by atoms with Crippen LogP contribution in [0.2, 0.25) is 0 Å². The maximum atomic E-state index is 8.63. The SMILES string of the molecule is C[CH]C(CO)CCC. The van der Waals surface area contributed by atoms with E-state index in [1.807, 2.05) is 6.92 Å². The van der Waals surface area contributed by atoms with Crippen molar-refractivity contribution >= 4 is 0 Å². The van der Waals surface area contributed by atoms with Crippen molar-refractivity contribution < 1.29 is 5.11 Å². The second-order valence-electron chi connectivity index (χ2n) is 2.06. The van der Waals surface area contributed by atoms with Crippen molar-refractivity contribution in [2.45, 2.75) is 26.7 Å². The summed E-state index contributed by atoms with van der Waals surface area (Å²) in [5.74, 6) is 0.431. The molecule has 0 spiro atoms. The summed E-state index contributed by atoms with van der Waals surface area (Å²) in [5.41, 5.74) is 0. The zero-order valence-corrected chi connectivity index (χ0v) is 5.72. The number of hydrogen-bond acceptors (Lipinski definition) is 1. The van der Waals surface area contributed by atoms with E-state index in [9.17, 15) is 0 Å². The van der Waals surface area contributed by atoms with Crippen LogP contribution in [-0.2, 0) is 0 Å².